The van der Waals surface area contributed by atoms with Gasteiger partial charge in [-0.15, -0.1) is 0 Å². The molecule has 1 saturated heterocycles. The second kappa shape index (κ2) is 2.73. The van der Waals surface area contributed by atoms with Crippen LogP contribution in [0, 0.1) is 0 Å². The van der Waals surface area contributed by atoms with Gasteiger partial charge in [0.25, 0.3) is 0 Å². The number of hydrogen-bond acceptors (Lipinski definition) is 3. The second-order valence-corrected chi connectivity index (χ2v) is 3.92. The van der Waals surface area contributed by atoms with Gasteiger partial charge in [-0.2, -0.15) is 0 Å². The van der Waals surface area contributed by atoms with E-state index in [1.54, 1.807) is 0 Å². The highest BCUT2D eigenvalue weighted by Crippen LogP contribution is 2.25. The van der Waals surface area contributed by atoms with Gasteiger partial charge in [-0.05, 0) is 27.7 Å². The van der Waals surface area contributed by atoms with E-state index >= 15 is 0 Å². The summed E-state index contributed by atoms with van der Waals surface area (Å²) in [5.74, 6) is -0.603. The average molecular weight is 160 g/mol. The Hall–Kier alpha value is -0.120. The monoisotopic (exact) mass is 160 g/mol. The Morgan fingerprint density at radius 2 is 1.64 bits per heavy atom. The largest absolute Gasteiger partial charge is 0.348 e. The second-order valence-electron chi connectivity index (χ2n) is 3.92. The molecule has 3 heteroatoms. The van der Waals surface area contributed by atoms with Gasteiger partial charge in [-0.25, -0.2) is 9.78 Å². The summed E-state index contributed by atoms with van der Waals surface area (Å²) in [6.45, 7) is 8.33. The van der Waals surface area contributed by atoms with Crippen molar-refractivity contribution in [2.24, 2.45) is 0 Å². The molecule has 11 heavy (non-hydrogen) atoms. The van der Waals surface area contributed by atoms with E-state index in [4.69, 9.17) is 14.5 Å². The topological polar surface area (TPSA) is 27.7 Å². The van der Waals surface area contributed by atoms with Crippen LogP contribution in [0.3, 0.4) is 0 Å². The summed E-state index contributed by atoms with van der Waals surface area (Å²) < 4.78 is 5.38. The molecular weight excluding hydrogens is 144 g/mol. The minimum atomic E-state index is -0.603. The van der Waals surface area contributed by atoms with Crippen LogP contribution >= 0.6 is 0 Å². The number of hydrogen-bond donors (Lipinski definition) is 0. The van der Waals surface area contributed by atoms with Crippen molar-refractivity contribution >= 4 is 0 Å². The maximum absolute atomic E-state index is 5.38. The first-order chi connectivity index (χ1) is 4.91. The summed E-state index contributed by atoms with van der Waals surface area (Å²) in [6, 6.07) is 0. The van der Waals surface area contributed by atoms with E-state index in [1.807, 2.05) is 27.7 Å². The van der Waals surface area contributed by atoms with Crippen LogP contribution in [0.25, 0.3) is 0 Å². The first-order valence-corrected chi connectivity index (χ1v) is 3.92. The highest BCUT2D eigenvalue weighted by atomic mass is 17.2. The first kappa shape index (κ1) is 8.97. The predicted molar refractivity (Wildman–Crippen MR) is 40.9 cm³/mol. The molecule has 0 aromatic rings. The Morgan fingerprint density at radius 3 is 2.27 bits per heavy atom. The highest BCUT2D eigenvalue weighted by Gasteiger charge is 2.31. The molecule has 0 amide bonds. The van der Waals surface area contributed by atoms with Gasteiger partial charge >= 0.3 is 0 Å². The fourth-order valence-corrected chi connectivity index (χ4v) is 0.821. The molecule has 1 rings (SSSR count). The van der Waals surface area contributed by atoms with E-state index in [2.05, 4.69) is 0 Å². The van der Waals surface area contributed by atoms with Gasteiger partial charge in [0.1, 0.15) is 5.60 Å². The molecule has 0 radical (unpaired) electrons. The molecule has 0 aromatic carbocycles. The predicted octanol–water partition coefficient (Wildman–Crippen LogP) is 1.87. The van der Waals surface area contributed by atoms with Gasteiger partial charge in [0.15, 0.2) is 5.79 Å². The number of rotatable bonds is 0. The smallest absolute Gasteiger partial charge is 0.195 e. The molecule has 3 nitrogen and oxygen atoms in total. The maximum Gasteiger partial charge on any atom is 0.195 e. The van der Waals surface area contributed by atoms with Gasteiger partial charge in [0, 0.05) is 6.42 Å². The summed E-state index contributed by atoms with van der Waals surface area (Å²) in [5, 5.41) is 0. The molecule has 1 heterocycles. The Kier molecular flexibility index (Phi) is 2.23. The fourth-order valence-electron chi connectivity index (χ4n) is 0.821. The summed E-state index contributed by atoms with van der Waals surface area (Å²) in [7, 11) is 0. The Morgan fingerprint density at radius 1 is 1.00 bits per heavy atom. The van der Waals surface area contributed by atoms with E-state index in [1.165, 1.54) is 0 Å². The van der Waals surface area contributed by atoms with Crippen molar-refractivity contribution in [2.45, 2.75) is 45.5 Å². The standard InChI is InChI=1S/C8H16O3/c1-7(2)5-6-9-8(3,4)11-10-7/h5-6H2,1-4H3. The van der Waals surface area contributed by atoms with Gasteiger partial charge in [0.05, 0.1) is 6.61 Å². The van der Waals surface area contributed by atoms with Gasteiger partial charge in [0.2, 0.25) is 0 Å². The SMILES string of the molecule is CC1(C)CCOC(C)(C)OO1. The van der Waals surface area contributed by atoms with Crippen LogP contribution in [-0.2, 0) is 14.5 Å². The molecule has 0 saturated carbocycles. The Labute approximate surface area is 67.6 Å². The van der Waals surface area contributed by atoms with Gasteiger partial charge in [-0.3, -0.25) is 0 Å². The van der Waals surface area contributed by atoms with Crippen LogP contribution in [0.5, 0.6) is 0 Å². The van der Waals surface area contributed by atoms with Crippen molar-refractivity contribution in [3.63, 3.8) is 0 Å². The molecule has 0 aromatic heterocycles. The molecule has 1 aliphatic rings. The van der Waals surface area contributed by atoms with E-state index < -0.39 is 5.79 Å². The summed E-state index contributed by atoms with van der Waals surface area (Å²) in [5.41, 5.74) is -0.228. The van der Waals surface area contributed by atoms with Crippen molar-refractivity contribution in [3.8, 4) is 0 Å². The minimum Gasteiger partial charge on any atom is -0.348 e. The van der Waals surface area contributed by atoms with Crippen molar-refractivity contribution in [2.75, 3.05) is 6.61 Å². The van der Waals surface area contributed by atoms with Crippen molar-refractivity contribution < 1.29 is 14.5 Å². The molecule has 0 bridgehead atoms. The zero-order valence-electron chi connectivity index (χ0n) is 7.64. The third kappa shape index (κ3) is 2.77. The molecule has 1 aliphatic heterocycles. The lowest BCUT2D eigenvalue weighted by atomic mass is 10.1. The lowest BCUT2D eigenvalue weighted by Crippen LogP contribution is -2.29. The van der Waals surface area contributed by atoms with Crippen LogP contribution in [0.15, 0.2) is 0 Å². The minimum absolute atomic E-state index is 0.228. The maximum atomic E-state index is 5.38. The Bertz CT molecular complexity index is 124. The fraction of sp³-hybridized carbons (Fsp3) is 1.00. The molecule has 1 fully saturated rings. The van der Waals surface area contributed by atoms with Crippen LogP contribution < -0.4 is 0 Å². The molecule has 0 atom stereocenters. The lowest BCUT2D eigenvalue weighted by molar-refractivity contribution is -0.434. The van der Waals surface area contributed by atoms with Crippen LogP contribution in [0.4, 0.5) is 0 Å². The van der Waals surface area contributed by atoms with Crippen LogP contribution in [0.2, 0.25) is 0 Å². The van der Waals surface area contributed by atoms with Crippen LogP contribution in [0.1, 0.15) is 34.1 Å². The van der Waals surface area contributed by atoms with E-state index in [-0.39, 0.29) is 5.60 Å². The normalized spacial score (nSPS) is 29.5. The molecular formula is C8H16O3. The third-order valence-corrected chi connectivity index (χ3v) is 1.62. The molecule has 66 valence electrons. The molecule has 0 spiro atoms. The molecule has 0 N–H and O–H groups in total. The van der Waals surface area contributed by atoms with E-state index in [9.17, 15) is 0 Å². The third-order valence-electron chi connectivity index (χ3n) is 1.62. The molecule has 0 aliphatic carbocycles. The Balaban J connectivity index is 2.53. The summed E-state index contributed by atoms with van der Waals surface area (Å²) >= 11 is 0. The van der Waals surface area contributed by atoms with Crippen molar-refractivity contribution in [1.82, 2.24) is 0 Å². The van der Waals surface area contributed by atoms with Gasteiger partial charge < -0.3 is 4.74 Å². The average Bonchev–Trinajstić information content (AvgIpc) is 1.92. The molecule has 0 unspecified atom stereocenters. The zero-order valence-corrected chi connectivity index (χ0v) is 7.64. The highest BCUT2D eigenvalue weighted by molar-refractivity contribution is 4.69. The first-order valence-electron chi connectivity index (χ1n) is 3.92. The quantitative estimate of drug-likeness (QED) is 0.506. The van der Waals surface area contributed by atoms with E-state index in [0.717, 1.165) is 6.42 Å². The van der Waals surface area contributed by atoms with Crippen molar-refractivity contribution in [1.29, 1.82) is 0 Å². The van der Waals surface area contributed by atoms with E-state index in [0.29, 0.717) is 6.61 Å². The van der Waals surface area contributed by atoms with Crippen LogP contribution in [-0.4, -0.2) is 18.0 Å². The summed E-state index contributed by atoms with van der Waals surface area (Å²) in [4.78, 5) is 10.3. The lowest BCUT2D eigenvalue weighted by Gasteiger charge is -2.23. The zero-order chi connectivity index (χ0) is 8.54. The summed E-state index contributed by atoms with van der Waals surface area (Å²) in [6.07, 6.45) is 0.858. The number of ether oxygens (including phenoxy) is 1. The van der Waals surface area contributed by atoms with Crippen molar-refractivity contribution in [3.05, 3.63) is 0 Å². The van der Waals surface area contributed by atoms with Gasteiger partial charge in [-0.1, -0.05) is 0 Å².